The number of aromatic nitrogens is 2. The van der Waals surface area contributed by atoms with Crippen molar-refractivity contribution in [1.29, 1.82) is 0 Å². The number of imidazole rings is 1. The number of phenolic OH excluding ortho intramolecular Hbond substituents is 1. The summed E-state index contributed by atoms with van der Waals surface area (Å²) in [5, 5.41) is 18.7. The fourth-order valence-corrected chi connectivity index (χ4v) is 2.01. The van der Waals surface area contributed by atoms with Gasteiger partial charge in [-0.2, -0.15) is 0 Å². The van der Waals surface area contributed by atoms with Crippen LogP contribution in [0.4, 0.5) is 0 Å². The van der Waals surface area contributed by atoms with Gasteiger partial charge < -0.3 is 14.8 Å². The molecule has 0 bridgehead atoms. The lowest BCUT2D eigenvalue weighted by Crippen LogP contribution is -2.07. The van der Waals surface area contributed by atoms with Gasteiger partial charge in [0, 0.05) is 12.5 Å². The monoisotopic (exact) mass is 190 g/mol. The van der Waals surface area contributed by atoms with E-state index in [1.807, 2.05) is 10.6 Å². The molecule has 4 heteroatoms. The molecule has 1 aliphatic rings. The Morgan fingerprint density at radius 3 is 3.14 bits per heavy atom. The van der Waals surface area contributed by atoms with Crippen molar-refractivity contribution in [2.24, 2.45) is 0 Å². The number of aliphatic hydroxyl groups excluding tert-OH is 1. The molecule has 1 aliphatic heterocycles. The van der Waals surface area contributed by atoms with Crippen LogP contribution in [0, 0.1) is 0 Å². The maximum absolute atomic E-state index is 9.44. The number of benzene rings is 1. The van der Waals surface area contributed by atoms with Crippen molar-refractivity contribution in [2.75, 3.05) is 0 Å². The number of nitrogens with zero attached hydrogens (tertiary/aromatic N) is 2. The van der Waals surface area contributed by atoms with Crippen LogP contribution in [0.25, 0.3) is 11.0 Å². The van der Waals surface area contributed by atoms with Gasteiger partial charge in [0.15, 0.2) is 0 Å². The van der Waals surface area contributed by atoms with Crippen LogP contribution >= 0.6 is 0 Å². The Balaban J connectivity index is 2.28. The van der Waals surface area contributed by atoms with E-state index in [0.29, 0.717) is 13.0 Å². The number of rotatable bonds is 0. The molecule has 2 N–H and O–H groups in total. The molecule has 2 aromatic rings. The highest BCUT2D eigenvalue weighted by atomic mass is 16.3. The largest absolute Gasteiger partial charge is 0.508 e. The minimum absolute atomic E-state index is 0.231. The Morgan fingerprint density at radius 1 is 1.43 bits per heavy atom. The van der Waals surface area contributed by atoms with E-state index in [1.54, 1.807) is 12.1 Å². The summed E-state index contributed by atoms with van der Waals surface area (Å²) in [6, 6.07) is 5.12. The molecule has 1 atom stereocenters. The van der Waals surface area contributed by atoms with Crippen LogP contribution in [0.3, 0.4) is 0 Å². The van der Waals surface area contributed by atoms with Gasteiger partial charge in [-0.1, -0.05) is 0 Å². The van der Waals surface area contributed by atoms with Gasteiger partial charge >= 0.3 is 0 Å². The molecule has 4 nitrogen and oxygen atoms in total. The van der Waals surface area contributed by atoms with E-state index < -0.39 is 0 Å². The number of hydrogen-bond donors (Lipinski definition) is 2. The van der Waals surface area contributed by atoms with Crippen molar-refractivity contribution in [3.8, 4) is 5.75 Å². The molecule has 0 spiro atoms. The SMILES string of the molecule is Oc1ccc2c(c1)nc1n2CC(O)C1. The molecule has 0 radical (unpaired) electrons. The number of aliphatic hydroxyl groups is 1. The lowest BCUT2D eigenvalue weighted by Gasteiger charge is -2.00. The van der Waals surface area contributed by atoms with Crippen LogP contribution in [-0.4, -0.2) is 25.9 Å². The van der Waals surface area contributed by atoms with Gasteiger partial charge in [0.2, 0.25) is 0 Å². The first-order chi connectivity index (χ1) is 6.74. The molecule has 0 fully saturated rings. The van der Waals surface area contributed by atoms with Gasteiger partial charge in [-0.05, 0) is 12.1 Å². The molecule has 1 aromatic heterocycles. The average molecular weight is 190 g/mol. The van der Waals surface area contributed by atoms with Gasteiger partial charge in [0.25, 0.3) is 0 Å². The van der Waals surface area contributed by atoms with E-state index >= 15 is 0 Å². The Kier molecular flexibility index (Phi) is 1.39. The second-order valence-corrected chi connectivity index (χ2v) is 3.67. The lowest BCUT2D eigenvalue weighted by molar-refractivity contribution is 0.176. The molecule has 72 valence electrons. The molecule has 0 saturated carbocycles. The Bertz CT molecular complexity index is 504. The van der Waals surface area contributed by atoms with Crippen molar-refractivity contribution in [3.63, 3.8) is 0 Å². The summed E-state index contributed by atoms with van der Waals surface area (Å²) in [4.78, 5) is 4.35. The Hall–Kier alpha value is -1.55. The maximum Gasteiger partial charge on any atom is 0.117 e. The highest BCUT2D eigenvalue weighted by Crippen LogP contribution is 2.25. The summed E-state index contributed by atoms with van der Waals surface area (Å²) < 4.78 is 2.00. The van der Waals surface area contributed by atoms with Gasteiger partial charge in [-0.25, -0.2) is 4.98 Å². The smallest absolute Gasteiger partial charge is 0.117 e. The molecule has 0 amide bonds. The number of phenols is 1. The van der Waals surface area contributed by atoms with Crippen molar-refractivity contribution in [3.05, 3.63) is 24.0 Å². The normalized spacial score (nSPS) is 20.2. The predicted octanol–water partition coefficient (Wildman–Crippen LogP) is 0.659. The van der Waals surface area contributed by atoms with Crippen LogP contribution in [0.2, 0.25) is 0 Å². The molecule has 2 heterocycles. The summed E-state index contributed by atoms with van der Waals surface area (Å²) in [7, 11) is 0. The standard InChI is InChI=1S/C10H10N2O2/c13-6-1-2-9-8(3-6)11-10-4-7(14)5-12(9)10/h1-3,7,13-14H,4-5H2. The van der Waals surface area contributed by atoms with Gasteiger partial charge in [0.05, 0.1) is 23.7 Å². The highest BCUT2D eigenvalue weighted by Gasteiger charge is 2.22. The second-order valence-electron chi connectivity index (χ2n) is 3.67. The molecule has 1 aromatic carbocycles. The van der Waals surface area contributed by atoms with E-state index in [4.69, 9.17) is 0 Å². The van der Waals surface area contributed by atoms with Gasteiger partial charge in [-0.15, -0.1) is 0 Å². The van der Waals surface area contributed by atoms with Crippen LogP contribution in [0.5, 0.6) is 5.75 Å². The van der Waals surface area contributed by atoms with E-state index in [1.165, 1.54) is 0 Å². The van der Waals surface area contributed by atoms with Gasteiger partial charge in [-0.3, -0.25) is 0 Å². The first-order valence-corrected chi connectivity index (χ1v) is 4.60. The summed E-state index contributed by atoms with van der Waals surface area (Å²) in [5.74, 6) is 1.13. The minimum atomic E-state index is -0.310. The molecule has 1 unspecified atom stereocenters. The first kappa shape index (κ1) is 7.82. The van der Waals surface area contributed by atoms with Gasteiger partial charge in [0.1, 0.15) is 11.6 Å². The number of fused-ring (bicyclic) bond motifs is 3. The van der Waals surface area contributed by atoms with Crippen LogP contribution < -0.4 is 0 Å². The van der Waals surface area contributed by atoms with Crippen LogP contribution in [0.15, 0.2) is 18.2 Å². The fraction of sp³-hybridized carbons (Fsp3) is 0.300. The van der Waals surface area contributed by atoms with E-state index in [9.17, 15) is 10.2 Å². The highest BCUT2D eigenvalue weighted by molar-refractivity contribution is 5.78. The Labute approximate surface area is 80.4 Å². The first-order valence-electron chi connectivity index (χ1n) is 4.60. The molecule has 0 aliphatic carbocycles. The fourth-order valence-electron chi connectivity index (χ4n) is 2.01. The maximum atomic E-state index is 9.44. The van der Waals surface area contributed by atoms with E-state index in [0.717, 1.165) is 16.9 Å². The lowest BCUT2D eigenvalue weighted by atomic mass is 10.3. The third-order valence-corrected chi connectivity index (χ3v) is 2.62. The third kappa shape index (κ3) is 0.943. The zero-order valence-electron chi connectivity index (χ0n) is 7.51. The van der Waals surface area contributed by atoms with Crippen LogP contribution in [-0.2, 0) is 13.0 Å². The second kappa shape index (κ2) is 2.48. The zero-order chi connectivity index (χ0) is 9.71. The Morgan fingerprint density at radius 2 is 2.29 bits per heavy atom. The molecule has 3 rings (SSSR count). The summed E-state index contributed by atoms with van der Waals surface area (Å²) in [6.45, 7) is 0.608. The molecule has 14 heavy (non-hydrogen) atoms. The van der Waals surface area contributed by atoms with Crippen molar-refractivity contribution < 1.29 is 10.2 Å². The van der Waals surface area contributed by atoms with E-state index in [-0.39, 0.29) is 11.9 Å². The molecule has 0 saturated heterocycles. The van der Waals surface area contributed by atoms with E-state index in [2.05, 4.69) is 4.98 Å². The van der Waals surface area contributed by atoms with Crippen molar-refractivity contribution in [1.82, 2.24) is 9.55 Å². The number of aromatic hydroxyl groups is 1. The predicted molar refractivity (Wildman–Crippen MR) is 51.1 cm³/mol. The topological polar surface area (TPSA) is 58.3 Å². The van der Waals surface area contributed by atoms with Crippen molar-refractivity contribution in [2.45, 2.75) is 19.1 Å². The zero-order valence-corrected chi connectivity index (χ0v) is 7.51. The summed E-state index contributed by atoms with van der Waals surface area (Å²) >= 11 is 0. The summed E-state index contributed by atoms with van der Waals surface area (Å²) in [6.07, 6.45) is 0.297. The number of hydrogen-bond acceptors (Lipinski definition) is 3. The quantitative estimate of drug-likeness (QED) is 0.641. The molecular formula is C10H10N2O2. The van der Waals surface area contributed by atoms with Crippen LogP contribution in [0.1, 0.15) is 5.82 Å². The summed E-state index contributed by atoms with van der Waals surface area (Å²) in [5.41, 5.74) is 1.78. The molecular weight excluding hydrogens is 180 g/mol. The average Bonchev–Trinajstić information content (AvgIpc) is 2.59. The minimum Gasteiger partial charge on any atom is -0.508 e. The van der Waals surface area contributed by atoms with Crippen molar-refractivity contribution >= 4 is 11.0 Å². The third-order valence-electron chi connectivity index (χ3n) is 2.62.